The molecule has 0 radical (unpaired) electrons. The van der Waals surface area contributed by atoms with Gasteiger partial charge in [-0.3, -0.25) is 4.79 Å². The molecule has 0 saturated carbocycles. The van der Waals surface area contributed by atoms with E-state index in [9.17, 15) is 14.7 Å². The lowest BCUT2D eigenvalue weighted by Gasteiger charge is -2.34. The molecular formula is C31H41N3O4. The third-order valence-corrected chi connectivity index (χ3v) is 7.20. The smallest absolute Gasteiger partial charge is 0.337 e. The van der Waals surface area contributed by atoms with Crippen molar-refractivity contribution < 1.29 is 19.4 Å². The number of aromatic nitrogens is 1. The van der Waals surface area contributed by atoms with Crippen molar-refractivity contribution in [1.82, 2.24) is 9.88 Å². The van der Waals surface area contributed by atoms with E-state index in [0.29, 0.717) is 36.8 Å². The topological polar surface area (TPSA) is 83.8 Å². The minimum atomic E-state index is -1.17. The highest BCUT2D eigenvalue weighted by atomic mass is 16.5. The number of anilines is 1. The van der Waals surface area contributed by atoms with Gasteiger partial charge in [0, 0.05) is 37.6 Å². The van der Waals surface area contributed by atoms with Gasteiger partial charge in [0.2, 0.25) is 0 Å². The number of hydrogen-bond donors (Lipinski definition) is 2. The lowest BCUT2D eigenvalue weighted by atomic mass is 9.87. The van der Waals surface area contributed by atoms with Crippen molar-refractivity contribution >= 4 is 28.5 Å². The van der Waals surface area contributed by atoms with E-state index in [1.165, 1.54) is 0 Å². The van der Waals surface area contributed by atoms with Gasteiger partial charge in [-0.2, -0.15) is 0 Å². The van der Waals surface area contributed by atoms with Gasteiger partial charge in [0.15, 0.2) is 6.10 Å². The number of carbonyl (C=O) groups excluding carboxylic acids is 1. The van der Waals surface area contributed by atoms with Gasteiger partial charge in [0.1, 0.15) is 5.69 Å². The SMILES string of the molecule is Cc1ccc(-c2c([C@H](OC(C)(C)C)C(=O)O)c(C)c3c4c2cc(C(=O)NCCC(C)C)n4CCN3C)cc1. The molecule has 1 aliphatic heterocycles. The molecule has 204 valence electrons. The van der Waals surface area contributed by atoms with Crippen LogP contribution >= 0.6 is 0 Å². The second-order valence-electron chi connectivity index (χ2n) is 11.9. The molecule has 0 spiro atoms. The highest BCUT2D eigenvalue weighted by Crippen LogP contribution is 2.47. The van der Waals surface area contributed by atoms with Gasteiger partial charge in [-0.1, -0.05) is 43.7 Å². The number of rotatable bonds is 8. The van der Waals surface area contributed by atoms with Crippen LogP contribution in [-0.2, 0) is 16.1 Å². The minimum absolute atomic E-state index is 0.105. The molecule has 0 unspecified atom stereocenters. The molecule has 1 atom stereocenters. The van der Waals surface area contributed by atoms with Gasteiger partial charge >= 0.3 is 5.97 Å². The molecule has 0 aliphatic carbocycles. The average molecular weight is 520 g/mol. The quantitative estimate of drug-likeness (QED) is 0.376. The zero-order valence-electron chi connectivity index (χ0n) is 23.9. The van der Waals surface area contributed by atoms with Crippen LogP contribution in [0.5, 0.6) is 0 Å². The number of carboxylic acids is 1. The molecule has 7 heteroatoms. The third kappa shape index (κ3) is 5.30. The van der Waals surface area contributed by atoms with Gasteiger partial charge in [-0.05, 0) is 69.7 Å². The standard InChI is InChI=1S/C31H41N3O4/c1-18(2)13-14-32-29(35)23-17-22-25(21-11-9-19(3)10-12-21)24(28(30(36)37)38-31(5,6)7)20(4)26-27(22)34(23)16-15-33(26)8/h9-12,17-18,28H,13-16H2,1-8H3,(H,32,35)(H,36,37)/t28-/m0/s1. The van der Waals surface area contributed by atoms with Crippen LogP contribution in [0.2, 0.25) is 0 Å². The molecule has 2 N–H and O–H groups in total. The molecule has 1 aliphatic rings. The Labute approximate surface area is 225 Å². The number of carbonyl (C=O) groups is 2. The van der Waals surface area contributed by atoms with E-state index in [-0.39, 0.29) is 5.91 Å². The van der Waals surface area contributed by atoms with Crippen LogP contribution in [0.3, 0.4) is 0 Å². The van der Waals surface area contributed by atoms with E-state index in [0.717, 1.165) is 45.3 Å². The fourth-order valence-corrected chi connectivity index (χ4v) is 5.39. The number of hydrogen-bond acceptors (Lipinski definition) is 4. The fourth-order valence-electron chi connectivity index (χ4n) is 5.39. The normalized spacial score (nSPS) is 14.3. The van der Waals surface area contributed by atoms with Crippen LogP contribution in [0, 0.1) is 19.8 Å². The molecule has 1 amide bonds. The summed E-state index contributed by atoms with van der Waals surface area (Å²) in [6, 6.07) is 10.1. The monoisotopic (exact) mass is 519 g/mol. The van der Waals surface area contributed by atoms with Crippen LogP contribution in [-0.4, -0.2) is 47.3 Å². The van der Waals surface area contributed by atoms with Crippen molar-refractivity contribution in [3.63, 3.8) is 0 Å². The number of ether oxygens (including phenoxy) is 1. The molecule has 0 saturated heterocycles. The van der Waals surface area contributed by atoms with E-state index < -0.39 is 17.7 Å². The Morgan fingerprint density at radius 1 is 1.11 bits per heavy atom. The number of benzene rings is 2. The van der Waals surface area contributed by atoms with Crippen molar-refractivity contribution in [3.05, 3.63) is 52.7 Å². The Morgan fingerprint density at radius 2 is 1.76 bits per heavy atom. The molecule has 2 aromatic carbocycles. The van der Waals surface area contributed by atoms with Crippen molar-refractivity contribution in [2.24, 2.45) is 5.92 Å². The number of nitrogens with one attached hydrogen (secondary N) is 1. The number of likely N-dealkylation sites (N-methyl/N-ethyl adjacent to an activating group) is 1. The van der Waals surface area contributed by atoms with Crippen LogP contribution in [0.15, 0.2) is 30.3 Å². The summed E-state index contributed by atoms with van der Waals surface area (Å²) in [5, 5.41) is 14.4. The van der Waals surface area contributed by atoms with Crippen LogP contribution < -0.4 is 10.2 Å². The van der Waals surface area contributed by atoms with Crippen molar-refractivity contribution in [2.45, 2.75) is 73.1 Å². The number of aliphatic carboxylic acids is 1. The van der Waals surface area contributed by atoms with Gasteiger partial charge in [-0.15, -0.1) is 0 Å². The zero-order chi connectivity index (χ0) is 27.9. The Bertz CT molecular complexity index is 1360. The summed E-state index contributed by atoms with van der Waals surface area (Å²) in [6.45, 7) is 15.9. The molecule has 3 aromatic rings. The summed E-state index contributed by atoms with van der Waals surface area (Å²) >= 11 is 0. The molecular weight excluding hydrogens is 478 g/mol. The molecule has 1 aromatic heterocycles. The molecule has 38 heavy (non-hydrogen) atoms. The lowest BCUT2D eigenvalue weighted by molar-refractivity contribution is -0.160. The first-order valence-electron chi connectivity index (χ1n) is 13.5. The lowest BCUT2D eigenvalue weighted by Crippen LogP contribution is -2.33. The van der Waals surface area contributed by atoms with Crippen LogP contribution in [0.25, 0.3) is 22.0 Å². The summed E-state index contributed by atoms with van der Waals surface area (Å²) in [4.78, 5) is 28.3. The average Bonchev–Trinajstić information content (AvgIpc) is 3.20. The Kier molecular flexibility index (Phi) is 7.62. The predicted molar refractivity (Wildman–Crippen MR) is 153 cm³/mol. The third-order valence-electron chi connectivity index (χ3n) is 7.20. The highest BCUT2D eigenvalue weighted by molar-refractivity contribution is 6.11. The molecule has 4 rings (SSSR count). The van der Waals surface area contributed by atoms with Crippen molar-refractivity contribution in [1.29, 1.82) is 0 Å². The highest BCUT2D eigenvalue weighted by Gasteiger charge is 2.36. The maximum Gasteiger partial charge on any atom is 0.337 e. The van der Waals surface area contributed by atoms with E-state index in [1.807, 2.05) is 72.0 Å². The number of carboxylic acid groups (broad SMARTS) is 1. The van der Waals surface area contributed by atoms with Crippen molar-refractivity contribution in [2.75, 3.05) is 25.0 Å². The van der Waals surface area contributed by atoms with E-state index in [4.69, 9.17) is 4.74 Å². The van der Waals surface area contributed by atoms with E-state index in [1.54, 1.807) is 0 Å². The molecule has 7 nitrogen and oxygen atoms in total. The second-order valence-corrected chi connectivity index (χ2v) is 11.9. The summed E-state index contributed by atoms with van der Waals surface area (Å²) < 4.78 is 8.31. The first-order chi connectivity index (χ1) is 17.8. The zero-order valence-corrected chi connectivity index (χ0v) is 23.9. The maximum atomic E-state index is 13.4. The van der Waals surface area contributed by atoms with Gasteiger partial charge < -0.3 is 24.6 Å². The second kappa shape index (κ2) is 10.4. The van der Waals surface area contributed by atoms with Crippen LogP contribution in [0.1, 0.15) is 74.3 Å². The fraction of sp³-hybridized carbons (Fsp3) is 0.484. The number of nitrogens with zero attached hydrogens (tertiary/aromatic N) is 2. The Balaban J connectivity index is 2.06. The van der Waals surface area contributed by atoms with Gasteiger partial charge in [0.05, 0.1) is 16.8 Å². The molecule has 0 fully saturated rings. The molecule has 2 heterocycles. The maximum absolute atomic E-state index is 13.4. The number of amides is 1. The first kappa shape index (κ1) is 27.7. The van der Waals surface area contributed by atoms with Crippen molar-refractivity contribution in [3.8, 4) is 11.1 Å². The van der Waals surface area contributed by atoms with Crippen LogP contribution in [0.4, 0.5) is 5.69 Å². The summed E-state index contributed by atoms with van der Waals surface area (Å²) in [5.74, 6) is -0.644. The predicted octanol–water partition coefficient (Wildman–Crippen LogP) is 6.09. The van der Waals surface area contributed by atoms with E-state index in [2.05, 4.69) is 28.6 Å². The first-order valence-corrected chi connectivity index (χ1v) is 13.5. The minimum Gasteiger partial charge on any atom is -0.479 e. The van der Waals surface area contributed by atoms with Gasteiger partial charge in [0.25, 0.3) is 5.91 Å². The van der Waals surface area contributed by atoms with Gasteiger partial charge in [-0.25, -0.2) is 4.79 Å². The summed E-state index contributed by atoms with van der Waals surface area (Å²) in [7, 11) is 2.02. The summed E-state index contributed by atoms with van der Waals surface area (Å²) in [5.41, 5.74) is 6.16. The summed E-state index contributed by atoms with van der Waals surface area (Å²) in [6.07, 6.45) is -0.267. The Hall–Kier alpha value is -3.32. The van der Waals surface area contributed by atoms with E-state index >= 15 is 0 Å². The molecule has 0 bridgehead atoms. The largest absolute Gasteiger partial charge is 0.479 e. The number of aryl methyl sites for hydroxylation is 1. The Morgan fingerprint density at radius 3 is 2.34 bits per heavy atom.